The Balaban J connectivity index is 0.000000172. The molecule has 122 valence electrons. The van der Waals surface area contributed by atoms with Crippen LogP contribution in [0, 0.1) is 4.77 Å². The summed E-state index contributed by atoms with van der Waals surface area (Å²) >= 11 is 6.20. The first-order valence-electron chi connectivity index (χ1n) is 6.58. The number of nitrogens with one attached hydrogen (secondary N) is 2. The summed E-state index contributed by atoms with van der Waals surface area (Å²) in [6.07, 6.45) is -0.304. The summed E-state index contributed by atoms with van der Waals surface area (Å²) in [5.74, 6) is 0.739. The molecule has 2 N–H and O–H groups in total. The first kappa shape index (κ1) is 17.5. The molecule has 0 aliphatic heterocycles. The van der Waals surface area contributed by atoms with Crippen molar-refractivity contribution in [3.8, 4) is 0 Å². The van der Waals surface area contributed by atoms with E-state index in [1.807, 2.05) is 19.1 Å². The molecule has 0 amide bonds. The second-order valence-electron chi connectivity index (χ2n) is 4.32. The molecule has 0 saturated carbocycles. The SMILES string of the molecule is CCSc1cncc(C(F)(F)F)c1.S=c1[nH]c2cccnc2[nH]1. The molecule has 0 bridgehead atoms. The number of halogens is 3. The number of pyridine rings is 2. The Morgan fingerprint density at radius 3 is 2.70 bits per heavy atom. The molecule has 0 saturated heterocycles. The second kappa shape index (κ2) is 7.60. The Labute approximate surface area is 139 Å². The van der Waals surface area contributed by atoms with E-state index in [2.05, 4.69) is 19.9 Å². The third kappa shape index (κ3) is 5.07. The Kier molecular flexibility index (Phi) is 5.78. The van der Waals surface area contributed by atoms with Crippen molar-refractivity contribution in [1.29, 1.82) is 0 Å². The number of aromatic amines is 2. The van der Waals surface area contributed by atoms with Gasteiger partial charge >= 0.3 is 6.18 Å². The lowest BCUT2D eigenvalue weighted by Gasteiger charge is -2.06. The van der Waals surface area contributed by atoms with Crippen LogP contribution in [0.25, 0.3) is 11.2 Å². The van der Waals surface area contributed by atoms with E-state index in [0.717, 1.165) is 29.2 Å². The van der Waals surface area contributed by atoms with Crippen LogP contribution in [0.1, 0.15) is 12.5 Å². The van der Waals surface area contributed by atoms with Crippen LogP contribution >= 0.6 is 24.0 Å². The number of nitrogens with zero attached hydrogens (tertiary/aromatic N) is 2. The minimum atomic E-state index is -4.29. The monoisotopic (exact) mass is 358 g/mol. The van der Waals surface area contributed by atoms with Gasteiger partial charge in [0.15, 0.2) is 10.4 Å². The van der Waals surface area contributed by atoms with E-state index in [0.29, 0.717) is 9.67 Å². The van der Waals surface area contributed by atoms with E-state index in [1.165, 1.54) is 18.0 Å². The third-order valence-corrected chi connectivity index (χ3v) is 3.69. The van der Waals surface area contributed by atoms with Crippen molar-refractivity contribution >= 4 is 35.1 Å². The van der Waals surface area contributed by atoms with E-state index in [9.17, 15) is 13.2 Å². The van der Waals surface area contributed by atoms with Gasteiger partial charge in [0.2, 0.25) is 0 Å². The molecule has 0 fully saturated rings. The van der Waals surface area contributed by atoms with Gasteiger partial charge in [-0.25, -0.2) is 4.98 Å². The van der Waals surface area contributed by atoms with Crippen LogP contribution in [-0.4, -0.2) is 25.7 Å². The summed E-state index contributed by atoms with van der Waals surface area (Å²) in [4.78, 5) is 14.0. The topological polar surface area (TPSA) is 57.4 Å². The lowest BCUT2D eigenvalue weighted by Crippen LogP contribution is -2.05. The molecule has 3 heterocycles. The van der Waals surface area contributed by atoms with Gasteiger partial charge < -0.3 is 9.97 Å². The van der Waals surface area contributed by atoms with Crippen LogP contribution < -0.4 is 0 Å². The lowest BCUT2D eigenvalue weighted by atomic mass is 10.3. The number of imidazole rings is 1. The standard InChI is InChI=1S/C8H8F3NS.C6H5N3S/c1-2-13-7-3-6(4-12-5-7)8(9,10)11;10-6-8-4-2-1-3-7-5(4)9-6/h3-5H,2H2,1H3;1-3H,(H2,7,8,9,10). The molecule has 3 aromatic heterocycles. The van der Waals surface area contributed by atoms with Crippen LogP contribution in [0.15, 0.2) is 41.7 Å². The maximum absolute atomic E-state index is 12.2. The molecule has 23 heavy (non-hydrogen) atoms. The van der Waals surface area contributed by atoms with E-state index >= 15 is 0 Å². The molecule has 0 aliphatic carbocycles. The molecule has 3 aromatic rings. The highest BCUT2D eigenvalue weighted by Crippen LogP contribution is 2.30. The summed E-state index contributed by atoms with van der Waals surface area (Å²) < 4.78 is 37.1. The normalized spacial score (nSPS) is 11.1. The van der Waals surface area contributed by atoms with Crippen molar-refractivity contribution in [3.63, 3.8) is 0 Å². The van der Waals surface area contributed by atoms with Crippen molar-refractivity contribution < 1.29 is 13.2 Å². The predicted molar refractivity (Wildman–Crippen MR) is 86.9 cm³/mol. The average Bonchev–Trinajstić information content (AvgIpc) is 2.88. The Bertz CT molecular complexity index is 790. The third-order valence-electron chi connectivity index (χ3n) is 2.64. The average molecular weight is 358 g/mol. The number of fused-ring (bicyclic) bond motifs is 1. The van der Waals surface area contributed by atoms with Gasteiger partial charge in [-0.05, 0) is 36.2 Å². The highest BCUT2D eigenvalue weighted by molar-refractivity contribution is 7.99. The number of thioether (sulfide) groups is 1. The maximum atomic E-state index is 12.2. The van der Waals surface area contributed by atoms with Gasteiger partial charge in [0.05, 0.1) is 11.1 Å². The maximum Gasteiger partial charge on any atom is 0.417 e. The number of alkyl halides is 3. The van der Waals surface area contributed by atoms with E-state index in [-0.39, 0.29) is 0 Å². The Morgan fingerprint density at radius 2 is 2.04 bits per heavy atom. The first-order chi connectivity index (χ1) is 10.9. The number of H-pyrrole nitrogens is 2. The molecule has 3 rings (SSSR count). The van der Waals surface area contributed by atoms with Gasteiger partial charge in [0, 0.05) is 23.5 Å². The molecule has 0 radical (unpaired) electrons. The number of rotatable bonds is 2. The van der Waals surface area contributed by atoms with Gasteiger partial charge in [-0.2, -0.15) is 13.2 Å². The lowest BCUT2D eigenvalue weighted by molar-refractivity contribution is -0.138. The zero-order valence-electron chi connectivity index (χ0n) is 12.0. The van der Waals surface area contributed by atoms with Crippen LogP contribution in [-0.2, 0) is 6.18 Å². The smallest absolute Gasteiger partial charge is 0.329 e. The molecule has 0 spiro atoms. The summed E-state index contributed by atoms with van der Waals surface area (Å²) in [6.45, 7) is 1.88. The molecule has 4 nitrogen and oxygen atoms in total. The van der Waals surface area contributed by atoms with Crippen LogP contribution in [0.2, 0.25) is 0 Å². The van der Waals surface area contributed by atoms with Gasteiger partial charge in [0.25, 0.3) is 0 Å². The van der Waals surface area contributed by atoms with Crippen LogP contribution in [0.4, 0.5) is 13.2 Å². The molecule has 0 atom stereocenters. The second-order valence-corrected chi connectivity index (χ2v) is 6.06. The largest absolute Gasteiger partial charge is 0.417 e. The predicted octanol–water partition coefficient (Wildman–Crippen LogP) is 4.83. The summed E-state index contributed by atoms with van der Waals surface area (Å²) in [6, 6.07) is 4.90. The van der Waals surface area contributed by atoms with Crippen molar-refractivity contribution in [1.82, 2.24) is 19.9 Å². The van der Waals surface area contributed by atoms with Crippen LogP contribution in [0.3, 0.4) is 0 Å². The van der Waals surface area contributed by atoms with Gasteiger partial charge in [-0.15, -0.1) is 11.8 Å². The highest BCUT2D eigenvalue weighted by atomic mass is 32.2. The van der Waals surface area contributed by atoms with Crippen molar-refractivity contribution in [2.75, 3.05) is 5.75 Å². The quantitative estimate of drug-likeness (QED) is 0.509. The zero-order chi connectivity index (χ0) is 16.9. The van der Waals surface area contributed by atoms with E-state index in [4.69, 9.17) is 12.2 Å². The van der Waals surface area contributed by atoms with E-state index in [1.54, 1.807) is 6.20 Å². The van der Waals surface area contributed by atoms with Gasteiger partial charge in [0.1, 0.15) is 0 Å². The minimum absolute atomic E-state index is 0.553. The fourth-order valence-electron chi connectivity index (χ4n) is 1.69. The summed E-state index contributed by atoms with van der Waals surface area (Å²) in [5, 5.41) is 0. The van der Waals surface area contributed by atoms with E-state index < -0.39 is 11.7 Å². The number of aromatic nitrogens is 4. The summed E-state index contributed by atoms with van der Waals surface area (Å²) in [7, 11) is 0. The minimum Gasteiger partial charge on any atom is -0.329 e. The molecular formula is C14H13F3N4S2. The summed E-state index contributed by atoms with van der Waals surface area (Å²) in [5.41, 5.74) is 1.07. The van der Waals surface area contributed by atoms with Crippen molar-refractivity contribution in [2.24, 2.45) is 0 Å². The zero-order valence-corrected chi connectivity index (χ0v) is 13.6. The molecule has 0 aliphatic rings. The number of hydrogen-bond acceptors (Lipinski definition) is 4. The number of hydrogen-bond donors (Lipinski definition) is 2. The Hall–Kier alpha value is -1.87. The van der Waals surface area contributed by atoms with Crippen LogP contribution in [0.5, 0.6) is 0 Å². The molecule has 9 heteroatoms. The molecule has 0 unspecified atom stereocenters. The highest BCUT2D eigenvalue weighted by Gasteiger charge is 2.30. The first-order valence-corrected chi connectivity index (χ1v) is 7.97. The van der Waals surface area contributed by atoms with Crippen molar-refractivity contribution in [2.45, 2.75) is 18.0 Å². The van der Waals surface area contributed by atoms with Crippen molar-refractivity contribution in [3.05, 3.63) is 47.1 Å². The molecular weight excluding hydrogens is 345 g/mol. The fourth-order valence-corrected chi connectivity index (χ4v) is 2.57. The molecule has 0 aromatic carbocycles. The fraction of sp³-hybridized carbons (Fsp3) is 0.214. The Morgan fingerprint density at radius 1 is 1.26 bits per heavy atom. The van der Waals surface area contributed by atoms with Gasteiger partial charge in [-0.3, -0.25) is 4.98 Å². The van der Waals surface area contributed by atoms with Gasteiger partial charge in [-0.1, -0.05) is 6.92 Å².